The number of hydrogen-bond acceptors (Lipinski definition) is 1. The molecule has 0 amide bonds. The van der Waals surface area contributed by atoms with E-state index in [-0.39, 0.29) is 0 Å². The van der Waals surface area contributed by atoms with Crippen LogP contribution in [0.15, 0.2) is 24.8 Å². The minimum absolute atomic E-state index is 0.296. The molecule has 0 radical (unpaired) electrons. The van der Waals surface area contributed by atoms with Gasteiger partial charge >= 0.3 is 5.97 Å². The first-order chi connectivity index (χ1) is 8.47. The highest BCUT2D eigenvalue weighted by Crippen LogP contribution is 2.25. The third kappa shape index (κ3) is 9.03. The molecule has 0 bridgehead atoms. The van der Waals surface area contributed by atoms with Crippen LogP contribution in [-0.2, 0) is 4.79 Å². The van der Waals surface area contributed by atoms with Crippen molar-refractivity contribution in [2.75, 3.05) is 0 Å². The van der Waals surface area contributed by atoms with Crippen molar-refractivity contribution in [1.82, 2.24) is 0 Å². The van der Waals surface area contributed by atoms with Crippen LogP contribution in [0.4, 0.5) is 0 Å². The Balaban J connectivity index is 3.84. The molecule has 18 heavy (non-hydrogen) atoms. The van der Waals surface area contributed by atoms with Gasteiger partial charge in [-0.05, 0) is 44.4 Å². The summed E-state index contributed by atoms with van der Waals surface area (Å²) in [6.07, 6.45) is 8.58. The van der Waals surface area contributed by atoms with Gasteiger partial charge < -0.3 is 5.11 Å². The third-order valence-electron chi connectivity index (χ3n) is 3.51. The molecule has 0 unspecified atom stereocenters. The van der Waals surface area contributed by atoms with Crippen molar-refractivity contribution in [2.24, 2.45) is 11.8 Å². The van der Waals surface area contributed by atoms with E-state index in [0.29, 0.717) is 18.3 Å². The summed E-state index contributed by atoms with van der Waals surface area (Å²) in [5, 5.41) is 8.59. The molecule has 0 aromatic rings. The lowest BCUT2D eigenvalue weighted by Gasteiger charge is -2.19. The second kappa shape index (κ2) is 9.93. The lowest BCUT2D eigenvalue weighted by atomic mass is 9.87. The largest absolute Gasteiger partial charge is 0.481 e. The van der Waals surface area contributed by atoms with Crippen molar-refractivity contribution in [1.29, 1.82) is 0 Å². The highest BCUT2D eigenvalue weighted by atomic mass is 16.4. The maximum Gasteiger partial charge on any atom is 0.303 e. The van der Waals surface area contributed by atoms with Crippen LogP contribution in [0.5, 0.6) is 0 Å². The topological polar surface area (TPSA) is 37.3 Å². The Hall–Kier alpha value is -1.05. The first-order valence-electron chi connectivity index (χ1n) is 6.95. The summed E-state index contributed by atoms with van der Waals surface area (Å²) in [7, 11) is 0. The fraction of sp³-hybridized carbons (Fsp3) is 0.688. The number of rotatable bonds is 11. The van der Waals surface area contributed by atoms with Crippen LogP contribution in [-0.4, -0.2) is 11.1 Å². The molecule has 104 valence electrons. The average Bonchev–Trinajstić information content (AvgIpc) is 2.28. The fourth-order valence-electron chi connectivity index (χ4n) is 2.19. The number of carboxylic acid groups (broad SMARTS) is 1. The summed E-state index contributed by atoms with van der Waals surface area (Å²) in [6, 6.07) is 0. The van der Waals surface area contributed by atoms with E-state index in [1.165, 1.54) is 5.57 Å². The van der Waals surface area contributed by atoms with E-state index in [9.17, 15) is 4.79 Å². The number of hydrogen-bond donors (Lipinski definition) is 1. The molecule has 1 N–H and O–H groups in total. The SMILES string of the molecule is C=CCC[C@@H](CC[C@@H](C)CCCC(=O)O)C(=C)C. The molecule has 0 aliphatic carbocycles. The van der Waals surface area contributed by atoms with Crippen molar-refractivity contribution in [3.63, 3.8) is 0 Å². The number of carbonyl (C=O) groups is 1. The molecule has 0 aliphatic rings. The standard InChI is InChI=1S/C16H28O2/c1-5-6-9-15(13(2)3)12-11-14(4)8-7-10-16(17)18/h5,14-15H,1-2,6-12H2,3-4H3,(H,17,18)/t14-,15-/m0/s1. The minimum Gasteiger partial charge on any atom is -0.481 e. The third-order valence-corrected chi connectivity index (χ3v) is 3.51. The quantitative estimate of drug-likeness (QED) is 0.535. The molecule has 0 rings (SSSR count). The predicted octanol–water partition coefficient (Wildman–Crippen LogP) is 4.82. The number of carboxylic acids is 1. The lowest BCUT2D eigenvalue weighted by Crippen LogP contribution is -2.05. The van der Waals surface area contributed by atoms with E-state index in [1.54, 1.807) is 0 Å². The zero-order valence-electron chi connectivity index (χ0n) is 12.0. The van der Waals surface area contributed by atoms with Gasteiger partial charge in [0.2, 0.25) is 0 Å². The van der Waals surface area contributed by atoms with Crippen LogP contribution in [0.3, 0.4) is 0 Å². The van der Waals surface area contributed by atoms with Crippen molar-refractivity contribution >= 4 is 5.97 Å². The van der Waals surface area contributed by atoms with Crippen molar-refractivity contribution in [3.8, 4) is 0 Å². The van der Waals surface area contributed by atoms with Gasteiger partial charge in [0, 0.05) is 6.42 Å². The summed E-state index contributed by atoms with van der Waals surface area (Å²) in [4.78, 5) is 10.4. The Morgan fingerprint density at radius 3 is 2.44 bits per heavy atom. The van der Waals surface area contributed by atoms with Gasteiger partial charge in [-0.25, -0.2) is 0 Å². The van der Waals surface area contributed by atoms with Gasteiger partial charge in [-0.15, -0.1) is 6.58 Å². The van der Waals surface area contributed by atoms with Crippen LogP contribution in [0.2, 0.25) is 0 Å². The van der Waals surface area contributed by atoms with E-state index in [4.69, 9.17) is 5.11 Å². The van der Waals surface area contributed by atoms with Crippen LogP contribution in [0.1, 0.15) is 58.8 Å². The van der Waals surface area contributed by atoms with E-state index in [0.717, 1.165) is 38.5 Å². The van der Waals surface area contributed by atoms with Gasteiger partial charge in [0.1, 0.15) is 0 Å². The summed E-state index contributed by atoms with van der Waals surface area (Å²) in [6.45, 7) is 12.1. The molecule has 0 fully saturated rings. The fourth-order valence-corrected chi connectivity index (χ4v) is 2.19. The molecular weight excluding hydrogens is 224 g/mol. The molecular formula is C16H28O2. The predicted molar refractivity (Wildman–Crippen MR) is 77.6 cm³/mol. The molecule has 0 saturated carbocycles. The number of aliphatic carboxylic acids is 1. The smallest absolute Gasteiger partial charge is 0.303 e. The van der Waals surface area contributed by atoms with Gasteiger partial charge in [0.15, 0.2) is 0 Å². The summed E-state index contributed by atoms with van der Waals surface area (Å²) in [5.74, 6) is 0.507. The highest BCUT2D eigenvalue weighted by molar-refractivity contribution is 5.66. The molecule has 0 saturated heterocycles. The van der Waals surface area contributed by atoms with Gasteiger partial charge in [-0.1, -0.05) is 38.0 Å². The van der Waals surface area contributed by atoms with Crippen LogP contribution in [0.25, 0.3) is 0 Å². The van der Waals surface area contributed by atoms with Crippen LogP contribution in [0, 0.1) is 11.8 Å². The summed E-state index contributed by atoms with van der Waals surface area (Å²) in [5.41, 5.74) is 1.26. The second-order valence-electron chi connectivity index (χ2n) is 5.38. The first kappa shape index (κ1) is 16.9. The Labute approximate surface area is 112 Å². The molecule has 2 heteroatoms. The molecule has 2 nitrogen and oxygen atoms in total. The van der Waals surface area contributed by atoms with E-state index >= 15 is 0 Å². The van der Waals surface area contributed by atoms with Crippen molar-refractivity contribution < 1.29 is 9.90 Å². The average molecular weight is 252 g/mol. The van der Waals surface area contributed by atoms with Crippen LogP contribution >= 0.6 is 0 Å². The zero-order valence-corrected chi connectivity index (χ0v) is 12.0. The minimum atomic E-state index is -0.687. The Morgan fingerprint density at radius 2 is 1.94 bits per heavy atom. The Morgan fingerprint density at radius 1 is 1.28 bits per heavy atom. The normalized spacial score (nSPS) is 13.9. The summed E-state index contributed by atoms with van der Waals surface area (Å²) < 4.78 is 0. The van der Waals surface area contributed by atoms with Gasteiger partial charge in [0.05, 0.1) is 0 Å². The molecule has 0 aliphatic heterocycles. The van der Waals surface area contributed by atoms with E-state index in [1.807, 2.05) is 6.08 Å². The van der Waals surface area contributed by atoms with E-state index in [2.05, 4.69) is 27.0 Å². The molecule has 0 spiro atoms. The maximum atomic E-state index is 10.4. The monoisotopic (exact) mass is 252 g/mol. The zero-order chi connectivity index (χ0) is 14.0. The molecule has 0 heterocycles. The van der Waals surface area contributed by atoms with Crippen molar-refractivity contribution in [3.05, 3.63) is 24.8 Å². The first-order valence-corrected chi connectivity index (χ1v) is 6.95. The Bertz CT molecular complexity index is 268. The van der Waals surface area contributed by atoms with Gasteiger partial charge in [-0.3, -0.25) is 4.79 Å². The second-order valence-corrected chi connectivity index (χ2v) is 5.38. The molecule has 0 aromatic heterocycles. The number of allylic oxidation sites excluding steroid dienone is 2. The van der Waals surface area contributed by atoms with Crippen molar-refractivity contribution in [2.45, 2.75) is 58.8 Å². The molecule has 2 atom stereocenters. The molecule has 0 aromatic carbocycles. The van der Waals surface area contributed by atoms with Gasteiger partial charge in [-0.2, -0.15) is 0 Å². The van der Waals surface area contributed by atoms with Crippen LogP contribution < -0.4 is 0 Å². The maximum absolute atomic E-state index is 10.4. The summed E-state index contributed by atoms with van der Waals surface area (Å²) >= 11 is 0. The Kier molecular flexibility index (Phi) is 9.35. The van der Waals surface area contributed by atoms with E-state index < -0.39 is 5.97 Å². The lowest BCUT2D eigenvalue weighted by molar-refractivity contribution is -0.137. The highest BCUT2D eigenvalue weighted by Gasteiger charge is 2.11. The van der Waals surface area contributed by atoms with Gasteiger partial charge in [0.25, 0.3) is 0 Å².